The van der Waals surface area contributed by atoms with Gasteiger partial charge in [-0.15, -0.1) is 0 Å². The Bertz CT molecular complexity index is 669. The lowest BCUT2D eigenvalue weighted by Gasteiger charge is -2.11. The molecule has 18 heavy (non-hydrogen) atoms. The molecule has 0 amide bonds. The molecular formula is C16H17NS. The van der Waals surface area contributed by atoms with Crippen molar-refractivity contribution in [3.05, 3.63) is 58.3 Å². The predicted molar refractivity (Wildman–Crippen MR) is 81.8 cm³/mol. The molecule has 0 fully saturated rings. The van der Waals surface area contributed by atoms with Crippen LogP contribution in [0.3, 0.4) is 0 Å². The van der Waals surface area contributed by atoms with Gasteiger partial charge in [0.25, 0.3) is 0 Å². The highest BCUT2D eigenvalue weighted by Gasteiger charge is 2.08. The molecule has 0 bridgehead atoms. The minimum absolute atomic E-state index is 0. The Balaban J connectivity index is 0.00000120. The molecular weight excluding hydrogens is 238 g/mol. The second-order valence-electron chi connectivity index (χ2n) is 4.41. The van der Waals surface area contributed by atoms with E-state index in [2.05, 4.69) is 61.0 Å². The summed E-state index contributed by atoms with van der Waals surface area (Å²) in [6.07, 6.45) is 0. The Hall–Kier alpha value is -1.64. The Morgan fingerprint density at radius 2 is 1.72 bits per heavy atom. The van der Waals surface area contributed by atoms with E-state index in [-0.39, 0.29) is 6.15 Å². The number of rotatable bonds is 1. The minimum Gasteiger partial charge on any atom is -0.344 e. The molecule has 0 spiro atoms. The zero-order valence-corrected chi connectivity index (χ0v) is 11.6. The smallest absolute Gasteiger partial charge is 0.00146 e. The first-order chi connectivity index (χ1) is 8.27. The quantitative estimate of drug-likeness (QED) is 0.625. The summed E-state index contributed by atoms with van der Waals surface area (Å²) < 4.78 is 0. The summed E-state index contributed by atoms with van der Waals surface area (Å²) in [6, 6.07) is 13.1. The largest absolute Gasteiger partial charge is 0.344 e. The standard InChI is InChI=1S/C16H14S.H3N/c1-11-12(2)16(14-7-8-17-10-14)9-13-5-3-4-6-15(11)13;/h3-10H,1-2H3;1H3. The van der Waals surface area contributed by atoms with Crippen molar-refractivity contribution in [1.29, 1.82) is 0 Å². The Morgan fingerprint density at radius 3 is 2.44 bits per heavy atom. The first-order valence-electron chi connectivity index (χ1n) is 5.79. The molecule has 3 N–H and O–H groups in total. The summed E-state index contributed by atoms with van der Waals surface area (Å²) >= 11 is 1.75. The number of thiophene rings is 1. The van der Waals surface area contributed by atoms with Gasteiger partial charge in [0.05, 0.1) is 0 Å². The van der Waals surface area contributed by atoms with Crippen molar-refractivity contribution in [2.75, 3.05) is 0 Å². The molecule has 0 unspecified atom stereocenters. The number of fused-ring (bicyclic) bond motifs is 1. The van der Waals surface area contributed by atoms with E-state index >= 15 is 0 Å². The van der Waals surface area contributed by atoms with E-state index in [1.807, 2.05) is 0 Å². The highest BCUT2D eigenvalue weighted by atomic mass is 32.1. The molecule has 1 nitrogen and oxygen atoms in total. The molecule has 2 aromatic carbocycles. The zero-order valence-electron chi connectivity index (χ0n) is 10.7. The highest BCUT2D eigenvalue weighted by molar-refractivity contribution is 7.08. The van der Waals surface area contributed by atoms with Crippen molar-refractivity contribution in [2.24, 2.45) is 0 Å². The average molecular weight is 255 g/mol. The van der Waals surface area contributed by atoms with Gasteiger partial charge in [0.2, 0.25) is 0 Å². The summed E-state index contributed by atoms with van der Waals surface area (Å²) in [5.41, 5.74) is 5.48. The van der Waals surface area contributed by atoms with E-state index < -0.39 is 0 Å². The van der Waals surface area contributed by atoms with Gasteiger partial charge in [-0.2, -0.15) is 11.3 Å². The van der Waals surface area contributed by atoms with Gasteiger partial charge in [-0.1, -0.05) is 24.3 Å². The number of aryl methyl sites for hydroxylation is 1. The number of hydrogen-bond donors (Lipinski definition) is 1. The third-order valence-corrected chi connectivity index (χ3v) is 4.15. The zero-order chi connectivity index (χ0) is 11.8. The van der Waals surface area contributed by atoms with Gasteiger partial charge in [-0.25, -0.2) is 0 Å². The first-order valence-corrected chi connectivity index (χ1v) is 6.73. The van der Waals surface area contributed by atoms with Crippen LogP contribution in [-0.2, 0) is 0 Å². The van der Waals surface area contributed by atoms with Gasteiger partial charge < -0.3 is 6.15 Å². The summed E-state index contributed by atoms with van der Waals surface area (Å²) in [5, 5.41) is 7.05. The molecule has 92 valence electrons. The SMILES string of the molecule is Cc1c(-c2ccsc2)cc2ccccc2c1C.N. The van der Waals surface area contributed by atoms with E-state index in [9.17, 15) is 0 Å². The van der Waals surface area contributed by atoms with Crippen LogP contribution in [0.2, 0.25) is 0 Å². The molecule has 3 rings (SSSR count). The minimum atomic E-state index is 0. The Kier molecular flexibility index (Phi) is 3.50. The van der Waals surface area contributed by atoms with Crippen molar-refractivity contribution in [3.63, 3.8) is 0 Å². The molecule has 0 aliphatic rings. The lowest BCUT2D eigenvalue weighted by atomic mass is 9.93. The Morgan fingerprint density at radius 1 is 0.944 bits per heavy atom. The summed E-state index contributed by atoms with van der Waals surface area (Å²) in [7, 11) is 0. The van der Waals surface area contributed by atoms with Crippen molar-refractivity contribution in [2.45, 2.75) is 13.8 Å². The van der Waals surface area contributed by atoms with Gasteiger partial charge in [0.1, 0.15) is 0 Å². The molecule has 0 atom stereocenters. The molecule has 0 radical (unpaired) electrons. The fraction of sp³-hybridized carbons (Fsp3) is 0.125. The van der Waals surface area contributed by atoms with E-state index in [0.717, 1.165) is 0 Å². The van der Waals surface area contributed by atoms with E-state index in [0.29, 0.717) is 0 Å². The first kappa shape index (κ1) is 12.8. The lowest BCUT2D eigenvalue weighted by molar-refractivity contribution is 1.38. The monoisotopic (exact) mass is 255 g/mol. The van der Waals surface area contributed by atoms with Gasteiger partial charge >= 0.3 is 0 Å². The normalized spacial score (nSPS) is 10.3. The second-order valence-corrected chi connectivity index (χ2v) is 5.19. The molecule has 0 saturated heterocycles. The topological polar surface area (TPSA) is 35.0 Å². The fourth-order valence-corrected chi connectivity index (χ4v) is 3.01. The van der Waals surface area contributed by atoms with E-state index in [1.54, 1.807) is 11.3 Å². The van der Waals surface area contributed by atoms with Crippen LogP contribution in [-0.4, -0.2) is 0 Å². The van der Waals surface area contributed by atoms with Crippen LogP contribution >= 0.6 is 11.3 Å². The van der Waals surface area contributed by atoms with Crippen LogP contribution in [0.4, 0.5) is 0 Å². The summed E-state index contributed by atoms with van der Waals surface area (Å²) in [5.74, 6) is 0. The van der Waals surface area contributed by atoms with Gasteiger partial charge in [-0.05, 0) is 69.8 Å². The van der Waals surface area contributed by atoms with Crippen LogP contribution < -0.4 is 6.15 Å². The van der Waals surface area contributed by atoms with Crippen LogP contribution in [0.1, 0.15) is 11.1 Å². The summed E-state index contributed by atoms with van der Waals surface area (Å²) in [4.78, 5) is 0. The third-order valence-electron chi connectivity index (χ3n) is 3.46. The molecule has 0 aliphatic heterocycles. The number of benzene rings is 2. The van der Waals surface area contributed by atoms with Crippen LogP contribution in [0.25, 0.3) is 21.9 Å². The van der Waals surface area contributed by atoms with Crippen molar-refractivity contribution >= 4 is 22.1 Å². The third kappa shape index (κ3) is 1.94. The maximum atomic E-state index is 2.31. The molecule has 2 heteroatoms. The van der Waals surface area contributed by atoms with Crippen LogP contribution in [0.5, 0.6) is 0 Å². The predicted octanol–water partition coefficient (Wildman–Crippen LogP) is 5.35. The van der Waals surface area contributed by atoms with Crippen LogP contribution in [0, 0.1) is 13.8 Å². The number of hydrogen-bond acceptors (Lipinski definition) is 2. The van der Waals surface area contributed by atoms with Gasteiger partial charge in [0, 0.05) is 0 Å². The van der Waals surface area contributed by atoms with Crippen molar-refractivity contribution in [1.82, 2.24) is 6.15 Å². The molecule has 1 heterocycles. The molecule has 0 saturated carbocycles. The lowest BCUT2D eigenvalue weighted by Crippen LogP contribution is -1.88. The second kappa shape index (κ2) is 4.92. The van der Waals surface area contributed by atoms with Gasteiger partial charge in [0.15, 0.2) is 0 Å². The maximum Gasteiger partial charge on any atom is -0.00146 e. The highest BCUT2D eigenvalue weighted by Crippen LogP contribution is 2.32. The Labute approximate surface area is 112 Å². The average Bonchev–Trinajstić information content (AvgIpc) is 2.87. The van der Waals surface area contributed by atoms with E-state index in [1.165, 1.54) is 33.0 Å². The van der Waals surface area contributed by atoms with Crippen LogP contribution in [0.15, 0.2) is 47.2 Å². The van der Waals surface area contributed by atoms with E-state index in [4.69, 9.17) is 0 Å². The summed E-state index contributed by atoms with van der Waals surface area (Å²) in [6.45, 7) is 4.43. The van der Waals surface area contributed by atoms with Crippen molar-refractivity contribution < 1.29 is 0 Å². The molecule has 1 aromatic heterocycles. The fourth-order valence-electron chi connectivity index (χ4n) is 2.35. The molecule has 0 aliphatic carbocycles. The molecule has 3 aromatic rings. The van der Waals surface area contributed by atoms with Crippen molar-refractivity contribution in [3.8, 4) is 11.1 Å². The van der Waals surface area contributed by atoms with Gasteiger partial charge in [-0.3, -0.25) is 0 Å². The maximum absolute atomic E-state index is 2.31.